The van der Waals surface area contributed by atoms with Crippen molar-refractivity contribution in [2.45, 2.75) is 76.9 Å². The number of imidazole rings is 2. The number of nitrogens with one attached hydrogen (secondary N) is 4. The van der Waals surface area contributed by atoms with Crippen LogP contribution in [0.4, 0.5) is 9.59 Å². The van der Waals surface area contributed by atoms with Crippen molar-refractivity contribution in [2.75, 3.05) is 40.5 Å². The van der Waals surface area contributed by atoms with Crippen molar-refractivity contribution in [3.8, 4) is 33.6 Å². The summed E-state index contributed by atoms with van der Waals surface area (Å²) in [6.07, 6.45) is 4.26. The van der Waals surface area contributed by atoms with Crippen LogP contribution in [0.1, 0.15) is 70.7 Å². The molecule has 3 saturated heterocycles. The number of nitrogens with zero attached hydrogens (tertiary/aromatic N) is 4. The molecule has 0 bridgehead atoms. The van der Waals surface area contributed by atoms with Crippen LogP contribution in [0.2, 0.25) is 0 Å². The predicted molar refractivity (Wildman–Crippen MR) is 213 cm³/mol. The Morgan fingerprint density at radius 1 is 0.707 bits per heavy atom. The molecule has 58 heavy (non-hydrogen) atoms. The number of carbonyl (C=O) groups excluding carboxylic acids is 4. The highest BCUT2D eigenvalue weighted by atomic mass is 16.7. The van der Waals surface area contributed by atoms with Crippen LogP contribution in [0.25, 0.3) is 33.6 Å². The summed E-state index contributed by atoms with van der Waals surface area (Å²) in [5, 5.41) is 5.38. The number of hydrogen-bond acceptors (Lipinski definition) is 10. The smallest absolute Gasteiger partial charge is 0.407 e. The highest BCUT2D eigenvalue weighted by Gasteiger charge is 2.52. The van der Waals surface area contributed by atoms with Gasteiger partial charge in [-0.2, -0.15) is 0 Å². The minimum absolute atomic E-state index is 0.112. The van der Waals surface area contributed by atoms with Gasteiger partial charge in [-0.05, 0) is 46.9 Å². The van der Waals surface area contributed by atoms with E-state index in [1.54, 1.807) is 22.2 Å². The second-order valence-corrected chi connectivity index (χ2v) is 15.7. The normalized spacial score (nSPS) is 19.8. The zero-order valence-electron chi connectivity index (χ0n) is 33.7. The first-order valence-corrected chi connectivity index (χ1v) is 19.8. The molecule has 0 aliphatic carbocycles. The number of likely N-dealkylation sites (tertiary alicyclic amines) is 2. The van der Waals surface area contributed by atoms with Gasteiger partial charge in [0, 0.05) is 13.0 Å². The van der Waals surface area contributed by atoms with E-state index >= 15 is 0 Å². The highest BCUT2D eigenvalue weighted by Crippen LogP contribution is 2.43. The van der Waals surface area contributed by atoms with Crippen LogP contribution in [0.5, 0.6) is 0 Å². The molecule has 2 aromatic heterocycles. The van der Waals surface area contributed by atoms with E-state index in [4.69, 9.17) is 23.9 Å². The number of hydrogen-bond donors (Lipinski definition) is 4. The summed E-state index contributed by atoms with van der Waals surface area (Å²) in [6, 6.07) is 14.2. The van der Waals surface area contributed by atoms with Crippen LogP contribution in [-0.4, -0.2) is 112 Å². The summed E-state index contributed by atoms with van der Waals surface area (Å²) in [5.74, 6) is -0.333. The minimum atomic E-state index is -0.933. The Hall–Kier alpha value is -5.74. The Morgan fingerprint density at radius 2 is 1.16 bits per heavy atom. The van der Waals surface area contributed by atoms with Gasteiger partial charge in [0.2, 0.25) is 11.8 Å². The first-order valence-electron chi connectivity index (χ1n) is 19.8. The van der Waals surface area contributed by atoms with Gasteiger partial charge in [0.25, 0.3) is 0 Å². The molecule has 7 rings (SSSR count). The molecule has 0 radical (unpaired) electrons. The zero-order chi connectivity index (χ0) is 41.1. The third-order valence-electron chi connectivity index (χ3n) is 11.3. The van der Waals surface area contributed by atoms with Gasteiger partial charge in [-0.3, -0.25) is 9.59 Å². The molecule has 16 nitrogen and oxygen atoms in total. The third-order valence-corrected chi connectivity index (χ3v) is 11.3. The molecule has 16 heteroatoms. The van der Waals surface area contributed by atoms with Crippen LogP contribution in [0.15, 0.2) is 60.9 Å². The summed E-state index contributed by atoms with van der Waals surface area (Å²) in [4.78, 5) is 71.3. The summed E-state index contributed by atoms with van der Waals surface area (Å²) in [5.41, 5.74) is 5.59. The zero-order valence-corrected chi connectivity index (χ0v) is 33.7. The quantitative estimate of drug-likeness (QED) is 0.149. The molecular formula is C42H52N8O8. The van der Waals surface area contributed by atoms with E-state index in [-0.39, 0.29) is 36.2 Å². The van der Waals surface area contributed by atoms with Crippen molar-refractivity contribution in [3.63, 3.8) is 0 Å². The standard InChI is InChI=1S/C42H52N8O8/c1-24(2)34(47-40(53)55-5)38(51)49-17-7-8-32(49)36-43-21-30(45-36)28-13-9-26(10-14-28)27-11-15-29(16-12-27)31-22-44-37(46-31)33-20-42(57-18-19-58-42)23-50(33)39(52)35(25(3)4)48-41(54)56-6/h9-16,21-22,24-25,32-35H,7-8,17-20,23H2,1-6H3,(H,43,45)(H,44,46)(H,47,53)(H,48,54)/t32-,33-,34-,35-/m1/s1. The largest absolute Gasteiger partial charge is 0.453 e. The van der Waals surface area contributed by atoms with E-state index in [9.17, 15) is 19.2 Å². The van der Waals surface area contributed by atoms with Gasteiger partial charge in [0.15, 0.2) is 5.79 Å². The number of alkyl carbamates (subject to hydrolysis) is 2. The van der Waals surface area contributed by atoms with E-state index < -0.39 is 36.1 Å². The number of aromatic amines is 2. The van der Waals surface area contributed by atoms with Crippen LogP contribution >= 0.6 is 0 Å². The Balaban J connectivity index is 1.03. The van der Waals surface area contributed by atoms with Crippen LogP contribution in [0.3, 0.4) is 0 Å². The lowest BCUT2D eigenvalue weighted by molar-refractivity contribution is -0.153. The van der Waals surface area contributed by atoms with Crippen LogP contribution in [0, 0.1) is 11.8 Å². The Bertz CT molecular complexity index is 2090. The number of methoxy groups -OCH3 is 2. The fourth-order valence-electron chi connectivity index (χ4n) is 8.08. The SMILES string of the molecule is COC(=O)N[C@@H](C(=O)N1CCC[C@@H]1c1ncc(-c2ccc(-c3ccc(-c4cnc([C@H]5CC6(CN5C(=O)[C@H](NC(=O)OC)C(C)C)OCCO6)[nH]4)cc3)cc2)[nH]1)C(C)C. The van der Waals surface area contributed by atoms with Crippen LogP contribution < -0.4 is 10.6 Å². The van der Waals surface area contributed by atoms with Gasteiger partial charge < -0.3 is 49.3 Å². The summed E-state index contributed by atoms with van der Waals surface area (Å²) < 4.78 is 21.6. The van der Waals surface area contributed by atoms with Gasteiger partial charge in [0.05, 0.1) is 69.8 Å². The number of carbonyl (C=O) groups is 4. The molecular weight excluding hydrogens is 745 g/mol. The molecule has 0 saturated carbocycles. The van der Waals surface area contributed by atoms with Gasteiger partial charge >= 0.3 is 12.2 Å². The van der Waals surface area contributed by atoms with E-state index in [2.05, 4.69) is 49.9 Å². The van der Waals surface area contributed by atoms with Gasteiger partial charge in [-0.1, -0.05) is 76.2 Å². The maximum atomic E-state index is 13.9. The first kappa shape index (κ1) is 40.5. The molecule has 2 aromatic carbocycles. The number of rotatable bonds is 11. The number of amides is 4. The van der Waals surface area contributed by atoms with E-state index in [0.717, 1.165) is 46.5 Å². The molecule has 4 N–H and O–H groups in total. The minimum Gasteiger partial charge on any atom is -0.453 e. The molecule has 3 aliphatic rings. The monoisotopic (exact) mass is 796 g/mol. The molecule has 1 spiro atoms. The highest BCUT2D eigenvalue weighted by molar-refractivity contribution is 5.87. The Morgan fingerprint density at radius 3 is 1.62 bits per heavy atom. The van der Waals surface area contributed by atoms with Gasteiger partial charge in [-0.25, -0.2) is 19.6 Å². The Labute approximate surface area is 337 Å². The second-order valence-electron chi connectivity index (χ2n) is 15.7. The fourth-order valence-corrected chi connectivity index (χ4v) is 8.08. The lowest BCUT2D eigenvalue weighted by atomic mass is 10.0. The maximum Gasteiger partial charge on any atom is 0.407 e. The topological polar surface area (TPSA) is 193 Å². The first-order chi connectivity index (χ1) is 27.9. The summed E-state index contributed by atoms with van der Waals surface area (Å²) in [6.45, 7) is 9.20. The van der Waals surface area contributed by atoms with Crippen molar-refractivity contribution < 1.29 is 38.1 Å². The molecule has 4 aromatic rings. The van der Waals surface area contributed by atoms with Crippen molar-refractivity contribution in [3.05, 3.63) is 72.6 Å². The van der Waals surface area contributed by atoms with Gasteiger partial charge in [-0.15, -0.1) is 0 Å². The molecule has 4 atom stereocenters. The average molecular weight is 797 g/mol. The molecule has 3 aliphatic heterocycles. The molecule has 5 heterocycles. The predicted octanol–water partition coefficient (Wildman–Crippen LogP) is 5.58. The number of benzene rings is 2. The number of H-pyrrole nitrogens is 2. The summed E-state index contributed by atoms with van der Waals surface area (Å²) >= 11 is 0. The van der Waals surface area contributed by atoms with E-state index in [0.29, 0.717) is 37.8 Å². The van der Waals surface area contributed by atoms with Crippen molar-refractivity contribution in [2.24, 2.45) is 11.8 Å². The lowest BCUT2D eigenvalue weighted by Gasteiger charge is -2.30. The summed E-state index contributed by atoms with van der Waals surface area (Å²) in [7, 11) is 2.56. The van der Waals surface area contributed by atoms with Crippen molar-refractivity contribution in [1.29, 1.82) is 0 Å². The molecule has 308 valence electrons. The third kappa shape index (κ3) is 8.29. The molecule has 3 fully saturated rings. The lowest BCUT2D eigenvalue weighted by Crippen LogP contribution is -2.52. The van der Waals surface area contributed by atoms with E-state index in [1.807, 2.05) is 52.0 Å². The second kappa shape index (κ2) is 17.0. The number of ether oxygens (including phenoxy) is 4. The number of aromatic nitrogens is 4. The molecule has 4 amide bonds. The average Bonchev–Trinajstić information content (AvgIpc) is 4.09. The van der Waals surface area contributed by atoms with Crippen molar-refractivity contribution >= 4 is 24.0 Å². The fraction of sp³-hybridized carbons (Fsp3) is 0.476. The Kier molecular flexibility index (Phi) is 11.9. The molecule has 0 unspecified atom stereocenters. The van der Waals surface area contributed by atoms with Gasteiger partial charge in [0.1, 0.15) is 23.7 Å². The van der Waals surface area contributed by atoms with E-state index in [1.165, 1.54) is 14.2 Å². The van der Waals surface area contributed by atoms with Crippen molar-refractivity contribution in [1.82, 2.24) is 40.4 Å². The van der Waals surface area contributed by atoms with Crippen LogP contribution in [-0.2, 0) is 28.5 Å². The maximum absolute atomic E-state index is 13.9.